The molecular formula is C10H17F3N2O. The first-order valence-electron chi connectivity index (χ1n) is 5.41. The van der Waals surface area contributed by atoms with Gasteiger partial charge in [-0.05, 0) is 18.8 Å². The van der Waals surface area contributed by atoms with E-state index in [1.807, 2.05) is 6.92 Å². The average molecular weight is 238 g/mol. The maximum absolute atomic E-state index is 12.1. The Labute approximate surface area is 92.8 Å². The molecule has 1 amide bonds. The summed E-state index contributed by atoms with van der Waals surface area (Å²) in [6.07, 6.45) is -4.15. The van der Waals surface area contributed by atoms with E-state index >= 15 is 0 Å². The van der Waals surface area contributed by atoms with Crippen LogP contribution in [0.1, 0.15) is 26.2 Å². The third-order valence-electron chi connectivity index (χ3n) is 3.03. The van der Waals surface area contributed by atoms with E-state index < -0.39 is 18.5 Å². The zero-order chi connectivity index (χ0) is 12.3. The molecule has 1 fully saturated rings. The molecule has 0 radical (unpaired) electrons. The van der Waals surface area contributed by atoms with Gasteiger partial charge in [0.2, 0.25) is 5.91 Å². The van der Waals surface area contributed by atoms with Crippen molar-refractivity contribution in [1.29, 1.82) is 0 Å². The number of halogens is 3. The van der Waals surface area contributed by atoms with Crippen LogP contribution < -0.4 is 5.73 Å². The van der Waals surface area contributed by atoms with Gasteiger partial charge in [0.1, 0.15) is 6.42 Å². The largest absolute Gasteiger partial charge is 0.397 e. The van der Waals surface area contributed by atoms with Crippen LogP contribution in [-0.2, 0) is 4.79 Å². The van der Waals surface area contributed by atoms with Crippen LogP contribution in [0.2, 0.25) is 0 Å². The van der Waals surface area contributed by atoms with Crippen molar-refractivity contribution in [2.75, 3.05) is 13.1 Å². The number of carbonyl (C=O) groups is 1. The predicted octanol–water partition coefficient (Wildman–Crippen LogP) is 1.52. The van der Waals surface area contributed by atoms with Gasteiger partial charge in [-0.15, -0.1) is 0 Å². The maximum Gasteiger partial charge on any atom is 0.397 e. The minimum absolute atomic E-state index is 0.177. The molecule has 0 bridgehead atoms. The zero-order valence-corrected chi connectivity index (χ0v) is 9.26. The number of likely N-dealkylation sites (tertiary alicyclic amines) is 1. The number of hydrogen-bond donors (Lipinski definition) is 1. The van der Waals surface area contributed by atoms with Crippen LogP contribution in [-0.4, -0.2) is 36.1 Å². The van der Waals surface area contributed by atoms with Crippen LogP contribution in [0.3, 0.4) is 0 Å². The molecule has 0 aromatic carbocycles. The molecule has 1 saturated heterocycles. The lowest BCUT2D eigenvalue weighted by molar-refractivity contribution is -0.164. The number of alkyl halides is 3. The Hall–Kier alpha value is -0.780. The maximum atomic E-state index is 12.1. The number of nitrogens with two attached hydrogens (primary N) is 1. The van der Waals surface area contributed by atoms with Gasteiger partial charge in [-0.3, -0.25) is 4.79 Å². The van der Waals surface area contributed by atoms with E-state index in [2.05, 4.69) is 0 Å². The molecular weight excluding hydrogens is 221 g/mol. The number of piperidine rings is 1. The topological polar surface area (TPSA) is 46.3 Å². The van der Waals surface area contributed by atoms with Gasteiger partial charge in [0.15, 0.2) is 0 Å². The Bertz CT molecular complexity index is 255. The van der Waals surface area contributed by atoms with Gasteiger partial charge in [0.05, 0.1) is 0 Å². The first-order chi connectivity index (χ1) is 7.35. The third kappa shape index (κ3) is 3.37. The van der Waals surface area contributed by atoms with Crippen LogP contribution in [0.4, 0.5) is 13.2 Å². The van der Waals surface area contributed by atoms with Gasteiger partial charge in [-0.25, -0.2) is 0 Å². The van der Waals surface area contributed by atoms with Gasteiger partial charge in [0.25, 0.3) is 0 Å². The van der Waals surface area contributed by atoms with E-state index in [0.29, 0.717) is 6.54 Å². The molecule has 2 atom stereocenters. The van der Waals surface area contributed by atoms with E-state index in [-0.39, 0.29) is 18.5 Å². The Morgan fingerprint density at radius 3 is 2.62 bits per heavy atom. The second-order valence-corrected chi connectivity index (χ2v) is 4.30. The van der Waals surface area contributed by atoms with Crippen molar-refractivity contribution in [3.05, 3.63) is 0 Å². The van der Waals surface area contributed by atoms with Crippen LogP contribution in [0, 0.1) is 5.92 Å². The van der Waals surface area contributed by atoms with E-state index in [1.165, 1.54) is 4.90 Å². The fourth-order valence-corrected chi connectivity index (χ4v) is 2.19. The molecule has 16 heavy (non-hydrogen) atoms. The highest BCUT2D eigenvalue weighted by molar-refractivity contribution is 5.77. The first-order valence-corrected chi connectivity index (χ1v) is 5.41. The Morgan fingerprint density at radius 2 is 2.12 bits per heavy atom. The van der Waals surface area contributed by atoms with E-state index in [4.69, 9.17) is 5.73 Å². The van der Waals surface area contributed by atoms with Gasteiger partial charge in [-0.2, -0.15) is 13.2 Å². The normalized spacial score (nSPS) is 26.9. The summed E-state index contributed by atoms with van der Waals surface area (Å²) >= 11 is 0. The van der Waals surface area contributed by atoms with Crippen molar-refractivity contribution in [2.24, 2.45) is 11.7 Å². The molecule has 2 N–H and O–H groups in total. The number of carbonyl (C=O) groups excluding carboxylic acids is 1. The van der Waals surface area contributed by atoms with Crippen molar-refractivity contribution >= 4 is 5.91 Å². The highest BCUT2D eigenvalue weighted by atomic mass is 19.4. The van der Waals surface area contributed by atoms with Crippen LogP contribution in [0.25, 0.3) is 0 Å². The molecule has 94 valence electrons. The zero-order valence-electron chi connectivity index (χ0n) is 9.26. The lowest BCUT2D eigenvalue weighted by Gasteiger charge is -2.39. The number of amides is 1. The van der Waals surface area contributed by atoms with Crippen LogP contribution in [0.5, 0.6) is 0 Å². The van der Waals surface area contributed by atoms with E-state index in [1.54, 1.807) is 0 Å². The molecule has 0 saturated carbocycles. The molecule has 1 heterocycles. The Kier molecular flexibility index (Phi) is 4.18. The minimum Gasteiger partial charge on any atom is -0.338 e. The summed E-state index contributed by atoms with van der Waals surface area (Å²) in [6.45, 7) is 2.54. The van der Waals surface area contributed by atoms with Crippen LogP contribution in [0.15, 0.2) is 0 Å². The minimum atomic E-state index is -4.43. The molecule has 0 unspecified atom stereocenters. The van der Waals surface area contributed by atoms with Gasteiger partial charge in [-0.1, -0.05) is 6.92 Å². The average Bonchev–Trinajstić information content (AvgIpc) is 2.14. The summed E-state index contributed by atoms with van der Waals surface area (Å²) in [4.78, 5) is 12.8. The first kappa shape index (κ1) is 13.3. The third-order valence-corrected chi connectivity index (χ3v) is 3.03. The van der Waals surface area contributed by atoms with E-state index in [0.717, 1.165) is 12.8 Å². The molecule has 1 aliphatic heterocycles. The summed E-state index contributed by atoms with van der Waals surface area (Å²) in [6, 6.07) is -0.247. The molecule has 3 nitrogen and oxygen atoms in total. The van der Waals surface area contributed by atoms with Crippen molar-refractivity contribution in [3.63, 3.8) is 0 Å². The Balaban J connectivity index is 2.66. The molecule has 1 rings (SSSR count). The van der Waals surface area contributed by atoms with Crippen molar-refractivity contribution in [2.45, 2.75) is 38.4 Å². The number of nitrogens with zero attached hydrogens (tertiary/aromatic N) is 1. The SMILES string of the molecule is C[C@@H]1CCCN(C(=O)CC(F)(F)F)[C@H]1CN. The Morgan fingerprint density at radius 1 is 1.50 bits per heavy atom. The standard InChI is InChI=1S/C10H17F3N2O/c1-7-3-2-4-15(8(7)6-14)9(16)5-10(11,12)13/h7-8H,2-6,14H2,1H3/t7-,8+/m1/s1. The summed E-state index contributed by atoms with van der Waals surface area (Å²) < 4.78 is 36.3. The molecule has 0 aliphatic carbocycles. The molecule has 0 aromatic heterocycles. The fraction of sp³-hybridized carbons (Fsp3) is 0.900. The summed E-state index contributed by atoms with van der Waals surface area (Å²) in [5.74, 6) is -0.676. The lowest BCUT2D eigenvalue weighted by Crippen LogP contribution is -2.52. The number of hydrogen-bond acceptors (Lipinski definition) is 2. The highest BCUT2D eigenvalue weighted by Gasteiger charge is 2.37. The quantitative estimate of drug-likeness (QED) is 0.793. The molecule has 6 heteroatoms. The fourth-order valence-electron chi connectivity index (χ4n) is 2.19. The monoisotopic (exact) mass is 238 g/mol. The molecule has 0 spiro atoms. The van der Waals surface area contributed by atoms with Gasteiger partial charge >= 0.3 is 6.18 Å². The van der Waals surface area contributed by atoms with Crippen molar-refractivity contribution < 1.29 is 18.0 Å². The molecule has 0 aromatic rings. The molecule has 1 aliphatic rings. The highest BCUT2D eigenvalue weighted by Crippen LogP contribution is 2.26. The lowest BCUT2D eigenvalue weighted by atomic mass is 9.90. The second kappa shape index (κ2) is 5.03. The summed E-state index contributed by atoms with van der Waals surface area (Å²) in [5, 5.41) is 0. The summed E-state index contributed by atoms with van der Waals surface area (Å²) in [5.41, 5.74) is 5.51. The summed E-state index contributed by atoms with van der Waals surface area (Å²) in [7, 11) is 0. The van der Waals surface area contributed by atoms with E-state index in [9.17, 15) is 18.0 Å². The van der Waals surface area contributed by atoms with Gasteiger partial charge in [0, 0.05) is 19.1 Å². The predicted molar refractivity (Wildman–Crippen MR) is 53.6 cm³/mol. The van der Waals surface area contributed by atoms with Crippen LogP contribution >= 0.6 is 0 Å². The smallest absolute Gasteiger partial charge is 0.338 e. The van der Waals surface area contributed by atoms with Crippen molar-refractivity contribution in [1.82, 2.24) is 4.90 Å². The van der Waals surface area contributed by atoms with Crippen molar-refractivity contribution in [3.8, 4) is 0 Å². The van der Waals surface area contributed by atoms with Gasteiger partial charge < -0.3 is 10.6 Å². The second-order valence-electron chi connectivity index (χ2n) is 4.30. The number of rotatable bonds is 2.